The fraction of sp³-hybridized carbons (Fsp3) is 0.222. The lowest BCUT2D eigenvalue weighted by Gasteiger charge is -2.24. The summed E-state index contributed by atoms with van der Waals surface area (Å²) in [5.74, 6) is -1.74. The molecular formula is C18H17FN2O5S. The highest BCUT2D eigenvalue weighted by Crippen LogP contribution is 2.24. The maximum atomic E-state index is 14.1. The number of fused-ring (bicyclic) bond motifs is 1. The van der Waals surface area contributed by atoms with Crippen LogP contribution in [0.1, 0.15) is 27.6 Å². The number of ether oxygens (including phenoxy) is 1. The summed E-state index contributed by atoms with van der Waals surface area (Å²) in [7, 11) is -3.86. The zero-order valence-electron chi connectivity index (χ0n) is 14.4. The van der Waals surface area contributed by atoms with Crippen molar-refractivity contribution in [3.05, 3.63) is 59.4 Å². The molecule has 27 heavy (non-hydrogen) atoms. The molecule has 2 N–H and O–H groups in total. The van der Waals surface area contributed by atoms with Crippen LogP contribution in [0.3, 0.4) is 0 Å². The Labute approximate surface area is 155 Å². The summed E-state index contributed by atoms with van der Waals surface area (Å²) in [4.78, 5) is 24.7. The van der Waals surface area contributed by atoms with Crippen LogP contribution in [-0.4, -0.2) is 39.3 Å². The van der Waals surface area contributed by atoms with E-state index in [0.717, 1.165) is 18.2 Å². The van der Waals surface area contributed by atoms with Gasteiger partial charge < -0.3 is 10.1 Å². The first-order valence-electron chi connectivity index (χ1n) is 8.19. The van der Waals surface area contributed by atoms with Crippen LogP contribution in [0.15, 0.2) is 47.4 Å². The summed E-state index contributed by atoms with van der Waals surface area (Å²) >= 11 is 0. The molecule has 0 saturated carbocycles. The summed E-state index contributed by atoms with van der Waals surface area (Å²) in [6, 6.07) is 8.49. The Bertz CT molecular complexity index is 1010. The number of benzene rings is 2. The first-order chi connectivity index (χ1) is 12.8. The van der Waals surface area contributed by atoms with E-state index in [1.807, 2.05) is 0 Å². The SMILES string of the molecule is CCNS(=O)(=O)c1ccc(F)c(C(=O)NC2COc3ccccc3C2=O)c1. The number of hydrogen-bond acceptors (Lipinski definition) is 5. The third-order valence-corrected chi connectivity index (χ3v) is 5.55. The molecule has 0 fully saturated rings. The van der Waals surface area contributed by atoms with Crippen molar-refractivity contribution >= 4 is 21.7 Å². The Balaban J connectivity index is 1.84. The number of ketones is 1. The number of rotatable bonds is 5. The molecule has 0 aliphatic carbocycles. The first kappa shape index (κ1) is 19.0. The molecular weight excluding hydrogens is 375 g/mol. The van der Waals surface area contributed by atoms with Crippen molar-refractivity contribution < 1.29 is 27.1 Å². The number of nitrogens with one attached hydrogen (secondary N) is 2. The number of Topliss-reactive ketones (excluding diaryl/α,β-unsaturated/α-hetero) is 1. The summed E-state index contributed by atoms with van der Waals surface area (Å²) in [5, 5.41) is 2.41. The van der Waals surface area contributed by atoms with Crippen LogP contribution in [0, 0.1) is 5.82 Å². The molecule has 142 valence electrons. The third-order valence-electron chi connectivity index (χ3n) is 4.01. The van der Waals surface area contributed by atoms with Gasteiger partial charge in [-0.25, -0.2) is 17.5 Å². The molecule has 3 rings (SSSR count). The largest absolute Gasteiger partial charge is 0.490 e. The van der Waals surface area contributed by atoms with Crippen LogP contribution >= 0.6 is 0 Å². The van der Waals surface area contributed by atoms with Gasteiger partial charge in [-0.1, -0.05) is 19.1 Å². The van der Waals surface area contributed by atoms with E-state index in [-0.39, 0.29) is 23.8 Å². The number of carbonyl (C=O) groups excluding carboxylic acids is 2. The average Bonchev–Trinajstić information content (AvgIpc) is 2.64. The third kappa shape index (κ3) is 3.83. The molecule has 1 aliphatic heterocycles. The highest BCUT2D eigenvalue weighted by Gasteiger charge is 2.31. The Hall–Kier alpha value is -2.78. The molecule has 2 aromatic rings. The Kier molecular flexibility index (Phi) is 5.24. The quantitative estimate of drug-likeness (QED) is 0.803. The zero-order chi connectivity index (χ0) is 19.6. The molecule has 0 bridgehead atoms. The normalized spacial score (nSPS) is 16.4. The Morgan fingerprint density at radius 1 is 1.26 bits per heavy atom. The van der Waals surface area contributed by atoms with Crippen molar-refractivity contribution in [2.24, 2.45) is 0 Å². The minimum absolute atomic E-state index is 0.0986. The second kappa shape index (κ2) is 7.45. The summed E-state index contributed by atoms with van der Waals surface area (Å²) in [5.41, 5.74) is -0.154. The molecule has 1 aliphatic rings. The van der Waals surface area contributed by atoms with Crippen molar-refractivity contribution in [1.29, 1.82) is 0 Å². The van der Waals surface area contributed by atoms with Gasteiger partial charge >= 0.3 is 0 Å². The van der Waals surface area contributed by atoms with Crippen molar-refractivity contribution in [3.63, 3.8) is 0 Å². The van der Waals surface area contributed by atoms with E-state index in [1.54, 1.807) is 31.2 Å². The molecule has 1 amide bonds. The van der Waals surface area contributed by atoms with Gasteiger partial charge in [-0.15, -0.1) is 0 Å². The van der Waals surface area contributed by atoms with Crippen LogP contribution in [0.2, 0.25) is 0 Å². The Morgan fingerprint density at radius 2 is 2.00 bits per heavy atom. The monoisotopic (exact) mass is 392 g/mol. The van der Waals surface area contributed by atoms with Crippen molar-refractivity contribution in [1.82, 2.24) is 10.0 Å². The molecule has 0 aromatic heterocycles. The fourth-order valence-electron chi connectivity index (χ4n) is 2.69. The highest BCUT2D eigenvalue weighted by molar-refractivity contribution is 7.89. The molecule has 1 atom stereocenters. The van der Waals surface area contributed by atoms with Crippen molar-refractivity contribution in [2.75, 3.05) is 13.2 Å². The lowest BCUT2D eigenvalue weighted by atomic mass is 10.0. The van der Waals surface area contributed by atoms with Crippen LogP contribution in [0.25, 0.3) is 0 Å². The molecule has 0 radical (unpaired) electrons. The van der Waals surface area contributed by atoms with Gasteiger partial charge in [0, 0.05) is 6.54 Å². The van der Waals surface area contributed by atoms with E-state index in [9.17, 15) is 22.4 Å². The maximum absolute atomic E-state index is 14.1. The number of hydrogen-bond donors (Lipinski definition) is 2. The number of sulfonamides is 1. The summed E-state index contributed by atoms with van der Waals surface area (Å²) in [6.45, 7) is 1.65. The highest BCUT2D eigenvalue weighted by atomic mass is 32.2. The van der Waals surface area contributed by atoms with E-state index in [4.69, 9.17) is 4.74 Å². The van der Waals surface area contributed by atoms with Gasteiger partial charge in [0.1, 0.15) is 24.2 Å². The van der Waals surface area contributed by atoms with Crippen LogP contribution in [0.4, 0.5) is 4.39 Å². The van der Waals surface area contributed by atoms with Gasteiger partial charge in [-0.2, -0.15) is 0 Å². The number of para-hydroxylation sites is 1. The van der Waals surface area contributed by atoms with Gasteiger partial charge in [0.25, 0.3) is 5.91 Å². The molecule has 2 aromatic carbocycles. The Morgan fingerprint density at radius 3 is 2.74 bits per heavy atom. The summed E-state index contributed by atoms with van der Waals surface area (Å²) < 4.78 is 45.9. The standard InChI is InChI=1S/C18H17FN2O5S/c1-2-20-27(24,25)11-7-8-14(19)13(9-11)18(23)21-15-10-26-16-6-4-3-5-12(16)17(15)22/h3-9,15,20H,2,10H2,1H3,(H,21,23). The van der Waals surface area contributed by atoms with Gasteiger partial charge in [-0.3, -0.25) is 9.59 Å². The minimum atomic E-state index is -3.86. The molecule has 7 nitrogen and oxygen atoms in total. The minimum Gasteiger partial charge on any atom is -0.490 e. The van der Waals surface area contributed by atoms with E-state index in [0.29, 0.717) is 11.3 Å². The zero-order valence-corrected chi connectivity index (χ0v) is 15.2. The number of amides is 1. The molecule has 0 saturated heterocycles. The smallest absolute Gasteiger partial charge is 0.255 e. The van der Waals surface area contributed by atoms with Gasteiger partial charge in [0.2, 0.25) is 10.0 Å². The van der Waals surface area contributed by atoms with Crippen LogP contribution in [0.5, 0.6) is 5.75 Å². The molecule has 9 heteroatoms. The fourth-order valence-corrected chi connectivity index (χ4v) is 3.76. The van der Waals surface area contributed by atoms with E-state index in [2.05, 4.69) is 10.0 Å². The topological polar surface area (TPSA) is 102 Å². The second-order valence-electron chi connectivity index (χ2n) is 5.84. The van der Waals surface area contributed by atoms with Crippen molar-refractivity contribution in [2.45, 2.75) is 17.9 Å². The van der Waals surface area contributed by atoms with Crippen LogP contribution < -0.4 is 14.8 Å². The lowest BCUT2D eigenvalue weighted by Crippen LogP contribution is -2.47. The lowest BCUT2D eigenvalue weighted by molar-refractivity contribution is 0.0793. The number of carbonyl (C=O) groups is 2. The molecule has 0 spiro atoms. The van der Waals surface area contributed by atoms with Gasteiger partial charge in [0.05, 0.1) is 16.0 Å². The molecule has 1 unspecified atom stereocenters. The maximum Gasteiger partial charge on any atom is 0.255 e. The first-order valence-corrected chi connectivity index (χ1v) is 9.68. The average molecular weight is 392 g/mol. The van der Waals surface area contributed by atoms with E-state index in [1.165, 1.54) is 0 Å². The predicted molar refractivity (Wildman–Crippen MR) is 94.8 cm³/mol. The summed E-state index contributed by atoms with van der Waals surface area (Å²) in [6.07, 6.45) is 0. The van der Waals surface area contributed by atoms with Crippen molar-refractivity contribution in [3.8, 4) is 5.75 Å². The van der Waals surface area contributed by atoms with E-state index >= 15 is 0 Å². The van der Waals surface area contributed by atoms with E-state index < -0.39 is 33.4 Å². The second-order valence-corrected chi connectivity index (χ2v) is 7.61. The van der Waals surface area contributed by atoms with Crippen LogP contribution in [-0.2, 0) is 10.0 Å². The number of halogens is 1. The predicted octanol–water partition coefficient (Wildman–Crippen LogP) is 1.50. The molecule has 1 heterocycles. The van der Waals surface area contributed by atoms with Gasteiger partial charge in [-0.05, 0) is 30.3 Å². The van der Waals surface area contributed by atoms with Gasteiger partial charge in [0.15, 0.2) is 5.78 Å².